The first-order valence-corrected chi connectivity index (χ1v) is 8.50. The molecular formula is C19H9F13O3. The number of esters is 2. The van der Waals surface area contributed by atoms with Crippen LogP contribution in [0.2, 0.25) is 0 Å². The van der Waals surface area contributed by atoms with E-state index in [4.69, 9.17) is 0 Å². The predicted octanol–water partition coefficient (Wildman–Crippen LogP) is 6.58. The standard InChI is InChI=1S/C12H8O3.C7HF13/c13-11-8-10(12(14)15-11)7-6-9-4-2-1-3-5-9;8-2(9)1-3(10,6(15,16)17)4(11,12)5(13,14)7(18,19)20/h1-8H;1H. The van der Waals surface area contributed by atoms with Crippen LogP contribution in [-0.4, -0.2) is 41.8 Å². The Morgan fingerprint density at radius 2 is 1.23 bits per heavy atom. The second-order valence-corrected chi connectivity index (χ2v) is 6.34. The van der Waals surface area contributed by atoms with E-state index >= 15 is 0 Å². The second kappa shape index (κ2) is 10.1. The Kier molecular flexibility index (Phi) is 8.58. The van der Waals surface area contributed by atoms with E-state index in [1.165, 1.54) is 6.08 Å². The van der Waals surface area contributed by atoms with Crippen LogP contribution in [0.25, 0.3) is 6.08 Å². The number of hydrogen-bond donors (Lipinski definition) is 0. The third-order valence-electron chi connectivity index (χ3n) is 3.89. The second-order valence-electron chi connectivity index (χ2n) is 6.34. The van der Waals surface area contributed by atoms with Crippen LogP contribution in [0.4, 0.5) is 57.1 Å². The molecule has 1 aromatic carbocycles. The summed E-state index contributed by atoms with van der Waals surface area (Å²) in [6.07, 6.45) is -16.2. The molecule has 16 heteroatoms. The molecule has 0 saturated heterocycles. The van der Waals surface area contributed by atoms with Gasteiger partial charge in [0.05, 0.1) is 5.57 Å². The molecule has 1 aliphatic heterocycles. The van der Waals surface area contributed by atoms with Gasteiger partial charge >= 0.3 is 36.1 Å². The zero-order chi connectivity index (χ0) is 27.5. The van der Waals surface area contributed by atoms with Gasteiger partial charge in [0.25, 0.3) is 11.7 Å². The minimum atomic E-state index is -7.56. The van der Waals surface area contributed by atoms with E-state index in [2.05, 4.69) is 4.74 Å². The fourth-order valence-electron chi connectivity index (χ4n) is 2.14. The van der Waals surface area contributed by atoms with Crippen molar-refractivity contribution in [1.82, 2.24) is 0 Å². The maximum absolute atomic E-state index is 12.9. The predicted molar refractivity (Wildman–Crippen MR) is 90.8 cm³/mol. The molecule has 0 saturated carbocycles. The van der Waals surface area contributed by atoms with Gasteiger partial charge in [-0.2, -0.15) is 52.7 Å². The van der Waals surface area contributed by atoms with Crippen molar-refractivity contribution < 1.29 is 71.4 Å². The molecular weight excluding hydrogens is 523 g/mol. The van der Waals surface area contributed by atoms with Crippen LogP contribution < -0.4 is 0 Å². The summed E-state index contributed by atoms with van der Waals surface area (Å²) in [6, 6.07) is 9.50. The van der Waals surface area contributed by atoms with Crippen LogP contribution in [0.5, 0.6) is 0 Å². The highest BCUT2D eigenvalue weighted by Gasteiger charge is 2.86. The molecule has 0 N–H and O–H groups in total. The summed E-state index contributed by atoms with van der Waals surface area (Å²) in [4.78, 5) is 21.8. The van der Waals surface area contributed by atoms with Crippen molar-refractivity contribution in [3.63, 3.8) is 0 Å². The number of carbonyl (C=O) groups excluding carboxylic acids is 2. The molecule has 35 heavy (non-hydrogen) atoms. The fraction of sp³-hybridized carbons (Fsp3) is 0.263. The molecule has 3 nitrogen and oxygen atoms in total. The molecule has 0 aromatic heterocycles. The van der Waals surface area contributed by atoms with Crippen LogP contribution in [-0.2, 0) is 14.3 Å². The third-order valence-corrected chi connectivity index (χ3v) is 3.89. The number of benzene rings is 1. The topological polar surface area (TPSA) is 43.4 Å². The van der Waals surface area contributed by atoms with Crippen molar-refractivity contribution >= 4 is 18.0 Å². The van der Waals surface area contributed by atoms with Crippen molar-refractivity contribution in [2.24, 2.45) is 0 Å². The number of hydrogen-bond acceptors (Lipinski definition) is 3. The Morgan fingerprint density at radius 3 is 1.60 bits per heavy atom. The van der Waals surface area contributed by atoms with Gasteiger partial charge < -0.3 is 4.74 Å². The van der Waals surface area contributed by atoms with E-state index < -0.39 is 54.0 Å². The van der Waals surface area contributed by atoms with Crippen LogP contribution in [0.15, 0.2) is 60.2 Å². The van der Waals surface area contributed by atoms with Gasteiger partial charge in [0, 0.05) is 12.2 Å². The van der Waals surface area contributed by atoms with E-state index in [-0.39, 0.29) is 5.57 Å². The Labute approximate surface area is 186 Å². The SMILES string of the molecule is FC(F)=CC(F)(C(F)(F)F)C(F)(F)C(F)(F)C(F)(F)F.O=C1C=C(C=Cc2ccccc2)C(=O)O1. The van der Waals surface area contributed by atoms with Gasteiger partial charge in [-0.1, -0.05) is 36.4 Å². The van der Waals surface area contributed by atoms with Gasteiger partial charge in [0.1, 0.15) is 0 Å². The van der Waals surface area contributed by atoms with Crippen molar-refractivity contribution in [1.29, 1.82) is 0 Å². The Bertz CT molecular complexity index is 1020. The summed E-state index contributed by atoms with van der Waals surface area (Å²) < 4.78 is 161. The van der Waals surface area contributed by atoms with Crippen molar-refractivity contribution in [2.75, 3.05) is 0 Å². The summed E-state index contributed by atoms with van der Waals surface area (Å²) in [6.45, 7) is 0. The summed E-state index contributed by atoms with van der Waals surface area (Å²) in [5.41, 5.74) is -5.67. The number of carbonyl (C=O) groups is 2. The molecule has 1 aliphatic rings. The highest BCUT2D eigenvalue weighted by molar-refractivity contribution is 6.11. The van der Waals surface area contributed by atoms with Crippen LogP contribution in [0.3, 0.4) is 0 Å². The lowest BCUT2D eigenvalue weighted by Gasteiger charge is -2.37. The summed E-state index contributed by atoms with van der Waals surface area (Å²) in [5, 5.41) is 0. The van der Waals surface area contributed by atoms with E-state index in [0.717, 1.165) is 5.56 Å². The Hall–Kier alpha value is -3.33. The molecule has 194 valence electrons. The highest BCUT2D eigenvalue weighted by atomic mass is 19.4. The molecule has 1 aromatic rings. The first-order chi connectivity index (χ1) is 15.7. The maximum Gasteiger partial charge on any atom is 0.460 e. The number of allylic oxidation sites excluding steroid dienone is 1. The maximum atomic E-state index is 12.9. The average Bonchev–Trinajstić information content (AvgIpc) is 3.02. The molecule has 1 atom stereocenters. The smallest absolute Gasteiger partial charge is 0.386 e. The molecule has 0 fully saturated rings. The van der Waals surface area contributed by atoms with Crippen LogP contribution >= 0.6 is 0 Å². The normalized spacial score (nSPS) is 16.8. The van der Waals surface area contributed by atoms with Gasteiger partial charge in [-0.15, -0.1) is 0 Å². The minimum Gasteiger partial charge on any atom is -0.386 e. The van der Waals surface area contributed by atoms with Crippen molar-refractivity contribution in [3.8, 4) is 0 Å². The lowest BCUT2D eigenvalue weighted by molar-refractivity contribution is -0.402. The van der Waals surface area contributed by atoms with E-state index in [1.807, 2.05) is 30.3 Å². The molecule has 0 aliphatic carbocycles. The number of rotatable bonds is 5. The number of cyclic esters (lactones) is 2. The molecule has 2 rings (SSSR count). The van der Waals surface area contributed by atoms with Crippen molar-refractivity contribution in [3.05, 3.63) is 65.8 Å². The fourth-order valence-corrected chi connectivity index (χ4v) is 2.14. The van der Waals surface area contributed by atoms with Crippen LogP contribution in [0.1, 0.15) is 5.56 Å². The molecule has 0 bridgehead atoms. The summed E-state index contributed by atoms with van der Waals surface area (Å²) in [7, 11) is 0. The number of alkyl halides is 11. The van der Waals surface area contributed by atoms with E-state index in [1.54, 1.807) is 12.2 Å². The van der Waals surface area contributed by atoms with E-state index in [0.29, 0.717) is 0 Å². The minimum absolute atomic E-state index is 0.281. The quantitative estimate of drug-likeness (QED) is 0.245. The first kappa shape index (κ1) is 29.7. The zero-order valence-corrected chi connectivity index (χ0v) is 16.3. The lowest BCUT2D eigenvalue weighted by Crippen LogP contribution is -2.66. The lowest BCUT2D eigenvalue weighted by atomic mass is 9.91. The highest BCUT2D eigenvalue weighted by Crippen LogP contribution is 2.57. The molecule has 0 spiro atoms. The van der Waals surface area contributed by atoms with Gasteiger partial charge in [-0.25, -0.2) is 14.0 Å². The largest absolute Gasteiger partial charge is 0.460 e. The van der Waals surface area contributed by atoms with Crippen LogP contribution in [0, 0.1) is 0 Å². The number of ether oxygens (including phenoxy) is 1. The molecule has 1 unspecified atom stereocenters. The summed E-state index contributed by atoms with van der Waals surface area (Å²) >= 11 is 0. The van der Waals surface area contributed by atoms with Crippen molar-refractivity contribution in [2.45, 2.75) is 29.9 Å². The monoisotopic (exact) mass is 532 g/mol. The zero-order valence-electron chi connectivity index (χ0n) is 16.3. The van der Waals surface area contributed by atoms with Gasteiger partial charge in [0.2, 0.25) is 0 Å². The van der Waals surface area contributed by atoms with Gasteiger partial charge in [0.15, 0.2) is 0 Å². The Morgan fingerprint density at radius 1 is 0.714 bits per heavy atom. The molecule has 1 heterocycles. The molecule has 0 amide bonds. The third kappa shape index (κ3) is 6.42. The number of halogens is 13. The molecule has 0 radical (unpaired) electrons. The van der Waals surface area contributed by atoms with Gasteiger partial charge in [-0.05, 0) is 11.6 Å². The van der Waals surface area contributed by atoms with E-state index in [9.17, 15) is 66.7 Å². The Balaban J connectivity index is 0.000000362. The summed E-state index contributed by atoms with van der Waals surface area (Å²) in [5.74, 6) is -16.3. The first-order valence-electron chi connectivity index (χ1n) is 8.50. The average molecular weight is 532 g/mol. The van der Waals surface area contributed by atoms with Gasteiger partial charge in [-0.3, -0.25) is 0 Å².